The first-order valence-corrected chi connectivity index (χ1v) is 11.2. The molecule has 3 heteroatoms. The van der Waals surface area contributed by atoms with Crippen LogP contribution in [-0.2, 0) is 8.85 Å². The summed E-state index contributed by atoms with van der Waals surface area (Å²) in [7, 11) is -1.97. The quantitative estimate of drug-likeness (QED) is 0.354. The average molecular weight is 301 g/mol. The first kappa shape index (κ1) is 18.2. The van der Waals surface area contributed by atoms with Crippen LogP contribution in [0.25, 0.3) is 0 Å². The fourth-order valence-corrected chi connectivity index (χ4v) is 7.72. The number of hydrogen-bond donors (Lipinski definition) is 0. The summed E-state index contributed by atoms with van der Waals surface area (Å²) in [5.74, 6) is 0. The van der Waals surface area contributed by atoms with Crippen molar-refractivity contribution in [3.63, 3.8) is 0 Å². The molecule has 1 saturated carbocycles. The summed E-state index contributed by atoms with van der Waals surface area (Å²) in [5.41, 5.74) is 0.756. The van der Waals surface area contributed by atoms with E-state index in [2.05, 4.69) is 20.8 Å². The summed E-state index contributed by atoms with van der Waals surface area (Å²) >= 11 is 0. The van der Waals surface area contributed by atoms with Gasteiger partial charge in [-0.1, -0.05) is 59.3 Å². The van der Waals surface area contributed by atoms with E-state index in [1.807, 2.05) is 0 Å². The lowest BCUT2D eigenvalue weighted by atomic mass is 10.0. The van der Waals surface area contributed by atoms with Gasteiger partial charge in [0.05, 0.1) is 0 Å². The minimum absolute atomic E-state index is 0.756. The SMILES string of the molecule is CCCCC[Si](OCCC)(OCCC)C1CCCCC1. The van der Waals surface area contributed by atoms with Crippen LogP contribution in [0.3, 0.4) is 0 Å². The first-order valence-electron chi connectivity index (χ1n) is 9.07. The van der Waals surface area contributed by atoms with Crippen LogP contribution in [0.5, 0.6) is 0 Å². The van der Waals surface area contributed by atoms with Gasteiger partial charge < -0.3 is 8.85 Å². The van der Waals surface area contributed by atoms with Crippen LogP contribution in [0.4, 0.5) is 0 Å². The van der Waals surface area contributed by atoms with Gasteiger partial charge in [0, 0.05) is 18.8 Å². The Morgan fingerprint density at radius 2 is 1.40 bits per heavy atom. The molecule has 2 nitrogen and oxygen atoms in total. The second-order valence-electron chi connectivity index (χ2n) is 6.30. The van der Waals surface area contributed by atoms with Gasteiger partial charge in [0.1, 0.15) is 0 Å². The molecule has 120 valence electrons. The average Bonchev–Trinajstić information content (AvgIpc) is 2.51. The van der Waals surface area contributed by atoms with Crippen molar-refractivity contribution in [2.24, 2.45) is 0 Å². The molecule has 0 heterocycles. The molecule has 1 fully saturated rings. The van der Waals surface area contributed by atoms with Crippen molar-refractivity contribution >= 4 is 8.56 Å². The Labute approximate surface area is 127 Å². The molecule has 1 rings (SSSR count). The van der Waals surface area contributed by atoms with Crippen molar-refractivity contribution in [3.8, 4) is 0 Å². The Balaban J connectivity index is 2.71. The van der Waals surface area contributed by atoms with Crippen molar-refractivity contribution in [3.05, 3.63) is 0 Å². The van der Waals surface area contributed by atoms with E-state index in [-0.39, 0.29) is 0 Å². The van der Waals surface area contributed by atoms with Gasteiger partial charge in [-0.2, -0.15) is 0 Å². The normalized spacial score (nSPS) is 17.6. The molecule has 20 heavy (non-hydrogen) atoms. The van der Waals surface area contributed by atoms with E-state index < -0.39 is 8.56 Å². The molecular formula is C17H36O2Si. The molecule has 0 aliphatic heterocycles. The summed E-state index contributed by atoms with van der Waals surface area (Å²) in [5, 5.41) is 0. The third-order valence-corrected chi connectivity index (χ3v) is 8.71. The molecule has 0 spiro atoms. The highest BCUT2D eigenvalue weighted by Crippen LogP contribution is 2.41. The number of rotatable bonds is 11. The molecule has 0 unspecified atom stereocenters. The first-order chi connectivity index (χ1) is 9.79. The Hall–Kier alpha value is 0.137. The lowest BCUT2D eigenvalue weighted by Crippen LogP contribution is -2.48. The summed E-state index contributed by atoms with van der Waals surface area (Å²) in [4.78, 5) is 0. The smallest absolute Gasteiger partial charge is 0.341 e. The lowest BCUT2D eigenvalue weighted by molar-refractivity contribution is 0.149. The molecule has 0 radical (unpaired) electrons. The summed E-state index contributed by atoms with van der Waals surface area (Å²) in [6.45, 7) is 8.51. The van der Waals surface area contributed by atoms with Gasteiger partial charge in [-0.15, -0.1) is 0 Å². The van der Waals surface area contributed by atoms with Crippen LogP contribution >= 0.6 is 0 Å². The molecule has 0 saturated heterocycles. The van der Waals surface area contributed by atoms with Crippen LogP contribution < -0.4 is 0 Å². The van der Waals surface area contributed by atoms with Crippen LogP contribution in [0.15, 0.2) is 0 Å². The maximum atomic E-state index is 6.48. The molecule has 0 atom stereocenters. The Kier molecular flexibility index (Phi) is 9.83. The highest BCUT2D eigenvalue weighted by atomic mass is 28.4. The van der Waals surface area contributed by atoms with E-state index in [1.165, 1.54) is 57.4 Å². The van der Waals surface area contributed by atoms with Crippen molar-refractivity contribution in [1.82, 2.24) is 0 Å². The monoisotopic (exact) mass is 300 g/mol. The van der Waals surface area contributed by atoms with Crippen LogP contribution in [0.1, 0.15) is 85.0 Å². The summed E-state index contributed by atoms with van der Waals surface area (Å²) in [6.07, 6.45) is 13.0. The van der Waals surface area contributed by atoms with Crippen LogP contribution in [0, 0.1) is 0 Å². The maximum Gasteiger partial charge on any atom is 0.341 e. The third-order valence-electron chi connectivity index (χ3n) is 4.46. The third kappa shape index (κ3) is 5.86. The van der Waals surface area contributed by atoms with Gasteiger partial charge in [0.15, 0.2) is 0 Å². The van der Waals surface area contributed by atoms with Crippen molar-refractivity contribution in [2.75, 3.05) is 13.2 Å². The predicted molar refractivity (Wildman–Crippen MR) is 89.4 cm³/mol. The Morgan fingerprint density at radius 3 is 1.90 bits per heavy atom. The zero-order valence-electron chi connectivity index (χ0n) is 14.1. The molecule has 0 N–H and O–H groups in total. The van der Waals surface area contributed by atoms with E-state index in [9.17, 15) is 0 Å². The van der Waals surface area contributed by atoms with Crippen LogP contribution in [0.2, 0.25) is 11.6 Å². The van der Waals surface area contributed by atoms with Crippen molar-refractivity contribution in [1.29, 1.82) is 0 Å². The zero-order chi connectivity index (χ0) is 14.7. The minimum atomic E-state index is -1.97. The van der Waals surface area contributed by atoms with Crippen LogP contribution in [-0.4, -0.2) is 21.8 Å². The topological polar surface area (TPSA) is 18.5 Å². The van der Waals surface area contributed by atoms with Gasteiger partial charge in [-0.05, 0) is 31.7 Å². The molecule has 1 aliphatic rings. The number of hydrogen-bond acceptors (Lipinski definition) is 2. The zero-order valence-corrected chi connectivity index (χ0v) is 15.1. The Bertz CT molecular complexity index is 219. The van der Waals surface area contributed by atoms with Gasteiger partial charge in [0.25, 0.3) is 0 Å². The molecular weight excluding hydrogens is 264 g/mol. The molecule has 0 aromatic heterocycles. The molecule has 0 bridgehead atoms. The van der Waals surface area contributed by atoms with Gasteiger partial charge in [-0.3, -0.25) is 0 Å². The molecule has 0 aromatic rings. The summed E-state index contributed by atoms with van der Waals surface area (Å²) < 4.78 is 13.0. The van der Waals surface area contributed by atoms with E-state index in [0.717, 1.165) is 31.6 Å². The fraction of sp³-hybridized carbons (Fsp3) is 1.00. The number of unbranched alkanes of at least 4 members (excludes halogenated alkanes) is 2. The standard InChI is InChI=1S/C17H36O2Si/c1-4-7-11-16-20(18-14-5-2,19-15-6-3)17-12-9-8-10-13-17/h17H,4-16H2,1-3H3. The fourth-order valence-electron chi connectivity index (χ4n) is 3.34. The lowest BCUT2D eigenvalue weighted by Gasteiger charge is -2.39. The minimum Gasteiger partial charge on any atom is -0.394 e. The molecule has 1 aliphatic carbocycles. The van der Waals surface area contributed by atoms with Crippen molar-refractivity contribution in [2.45, 2.75) is 96.6 Å². The Morgan fingerprint density at radius 1 is 0.800 bits per heavy atom. The second kappa shape index (κ2) is 10.8. The van der Waals surface area contributed by atoms with E-state index in [4.69, 9.17) is 8.85 Å². The van der Waals surface area contributed by atoms with Gasteiger partial charge in [-0.25, -0.2) is 0 Å². The van der Waals surface area contributed by atoms with E-state index in [0.29, 0.717) is 0 Å². The van der Waals surface area contributed by atoms with Crippen molar-refractivity contribution < 1.29 is 8.85 Å². The predicted octanol–water partition coefficient (Wildman–Crippen LogP) is 5.81. The highest BCUT2D eigenvalue weighted by molar-refractivity contribution is 6.69. The van der Waals surface area contributed by atoms with E-state index in [1.54, 1.807) is 0 Å². The van der Waals surface area contributed by atoms with E-state index >= 15 is 0 Å². The van der Waals surface area contributed by atoms with Gasteiger partial charge in [0.2, 0.25) is 0 Å². The second-order valence-corrected chi connectivity index (χ2v) is 9.82. The summed E-state index contributed by atoms with van der Waals surface area (Å²) in [6, 6.07) is 1.23. The molecule has 0 aromatic carbocycles. The highest BCUT2D eigenvalue weighted by Gasteiger charge is 2.45. The maximum absolute atomic E-state index is 6.48. The van der Waals surface area contributed by atoms with Gasteiger partial charge >= 0.3 is 8.56 Å². The largest absolute Gasteiger partial charge is 0.394 e. The molecule has 0 amide bonds.